The number of hydrogen-bond donors (Lipinski definition) is 0. The summed E-state index contributed by atoms with van der Waals surface area (Å²) in [5.74, 6) is -0.0609. The molecule has 0 unspecified atom stereocenters. The highest BCUT2D eigenvalue weighted by Crippen LogP contribution is 2.44. The van der Waals surface area contributed by atoms with Gasteiger partial charge in [-0.3, -0.25) is 9.59 Å². The summed E-state index contributed by atoms with van der Waals surface area (Å²) < 4.78 is 4.92. The van der Waals surface area contributed by atoms with Crippen LogP contribution in [0.5, 0.6) is 0 Å². The molecule has 0 aromatic carbocycles. The zero-order valence-electron chi connectivity index (χ0n) is 9.49. The first-order valence-electron chi connectivity index (χ1n) is 5.66. The number of carbonyl (C=O) groups excluding carboxylic acids is 2. The van der Waals surface area contributed by atoms with Gasteiger partial charge in [0, 0.05) is 6.42 Å². The molecule has 1 atom stereocenters. The molecule has 0 aromatic heterocycles. The molecule has 16 heavy (non-hydrogen) atoms. The van der Waals surface area contributed by atoms with Gasteiger partial charge >= 0.3 is 5.97 Å². The Morgan fingerprint density at radius 2 is 2.19 bits per heavy atom. The maximum Gasteiger partial charge on any atom is 0.316 e. The molecule has 0 aromatic rings. The van der Waals surface area contributed by atoms with Gasteiger partial charge in [0.15, 0.2) is 5.78 Å². The van der Waals surface area contributed by atoms with Crippen LogP contribution in [0.3, 0.4) is 0 Å². The highest BCUT2D eigenvalue weighted by molar-refractivity contribution is 5.95. The number of carbonyl (C=O) groups is 2. The summed E-state index contributed by atoms with van der Waals surface area (Å²) in [4.78, 5) is 23.4. The summed E-state index contributed by atoms with van der Waals surface area (Å²) in [6, 6.07) is 0. The van der Waals surface area contributed by atoms with E-state index in [0.717, 1.165) is 18.4 Å². The molecule has 3 heteroatoms. The predicted molar refractivity (Wildman–Crippen MR) is 59.8 cm³/mol. The van der Waals surface area contributed by atoms with Gasteiger partial charge in [0.05, 0.1) is 12.5 Å². The van der Waals surface area contributed by atoms with Crippen molar-refractivity contribution in [3.8, 4) is 0 Å². The molecule has 2 rings (SSSR count). The number of fused-ring (bicyclic) bond motifs is 1. The lowest BCUT2D eigenvalue weighted by molar-refractivity contribution is -0.151. The first-order chi connectivity index (χ1) is 7.69. The zero-order chi connectivity index (χ0) is 11.6. The normalized spacial score (nSPS) is 29.1. The largest absolute Gasteiger partial charge is 0.468 e. The Labute approximate surface area is 95.2 Å². The second kappa shape index (κ2) is 4.24. The molecule has 2 aliphatic rings. The number of allylic oxidation sites excluding steroid dienone is 3. The molecular weight excluding hydrogens is 204 g/mol. The topological polar surface area (TPSA) is 43.4 Å². The van der Waals surface area contributed by atoms with E-state index >= 15 is 0 Å². The molecule has 3 nitrogen and oxygen atoms in total. The van der Waals surface area contributed by atoms with Crippen LogP contribution in [0.2, 0.25) is 0 Å². The minimum absolute atomic E-state index is 0.136. The summed E-state index contributed by atoms with van der Waals surface area (Å²) in [6.45, 7) is 0. The van der Waals surface area contributed by atoms with Crippen molar-refractivity contribution < 1.29 is 14.3 Å². The van der Waals surface area contributed by atoms with Crippen molar-refractivity contribution in [1.82, 2.24) is 0 Å². The molecule has 0 bridgehead atoms. The van der Waals surface area contributed by atoms with E-state index in [1.54, 1.807) is 6.08 Å². The molecule has 0 amide bonds. The highest BCUT2D eigenvalue weighted by atomic mass is 16.5. The van der Waals surface area contributed by atoms with Gasteiger partial charge in [-0.05, 0) is 37.3 Å². The number of ketones is 1. The number of ether oxygens (including phenoxy) is 1. The molecular formula is C13H16O3. The molecule has 0 radical (unpaired) electrons. The maximum absolute atomic E-state index is 12.0. The third-order valence-corrected chi connectivity index (χ3v) is 3.54. The molecule has 0 fully saturated rings. The number of esters is 1. The van der Waals surface area contributed by atoms with Crippen molar-refractivity contribution in [3.05, 3.63) is 23.8 Å². The van der Waals surface area contributed by atoms with Gasteiger partial charge in [0.25, 0.3) is 0 Å². The van der Waals surface area contributed by atoms with Crippen LogP contribution in [0.1, 0.15) is 32.1 Å². The van der Waals surface area contributed by atoms with Crippen LogP contribution < -0.4 is 0 Å². The van der Waals surface area contributed by atoms with Crippen molar-refractivity contribution in [3.63, 3.8) is 0 Å². The SMILES string of the molecule is COC(=O)[C@@]12CC=CCCC1=CC(=O)CC2. The fourth-order valence-electron chi connectivity index (χ4n) is 2.60. The Balaban J connectivity index is 2.42. The standard InChI is InChI=1S/C13H16O3/c1-16-12(15)13-7-4-2-3-5-10(13)9-11(14)6-8-13/h2,4,9H,3,5-8H2,1H3/t13-/m1/s1. The fraction of sp³-hybridized carbons (Fsp3) is 0.538. The van der Waals surface area contributed by atoms with Crippen LogP contribution in [0.4, 0.5) is 0 Å². The summed E-state index contributed by atoms with van der Waals surface area (Å²) in [5.41, 5.74) is 0.399. The summed E-state index contributed by atoms with van der Waals surface area (Å²) >= 11 is 0. The van der Waals surface area contributed by atoms with E-state index in [-0.39, 0.29) is 11.8 Å². The molecule has 0 spiro atoms. The Bertz CT molecular complexity index is 379. The Hall–Kier alpha value is -1.38. The zero-order valence-corrected chi connectivity index (χ0v) is 9.49. The Kier molecular flexibility index (Phi) is 2.95. The quantitative estimate of drug-likeness (QED) is 0.502. The van der Waals surface area contributed by atoms with Gasteiger partial charge in [-0.1, -0.05) is 12.2 Å². The van der Waals surface area contributed by atoms with Crippen molar-refractivity contribution in [1.29, 1.82) is 0 Å². The first kappa shape index (κ1) is 11.1. The Morgan fingerprint density at radius 3 is 2.94 bits per heavy atom. The predicted octanol–water partition coefficient (Wildman–Crippen LogP) is 2.18. The van der Waals surface area contributed by atoms with Gasteiger partial charge in [0.2, 0.25) is 0 Å². The van der Waals surface area contributed by atoms with E-state index in [1.807, 2.05) is 6.08 Å². The third kappa shape index (κ3) is 1.70. The van der Waals surface area contributed by atoms with E-state index in [2.05, 4.69) is 6.08 Å². The van der Waals surface area contributed by atoms with Gasteiger partial charge in [-0.25, -0.2) is 0 Å². The van der Waals surface area contributed by atoms with Crippen LogP contribution in [0, 0.1) is 5.41 Å². The van der Waals surface area contributed by atoms with Crippen molar-refractivity contribution in [2.24, 2.45) is 5.41 Å². The van der Waals surface area contributed by atoms with Crippen LogP contribution in [-0.2, 0) is 14.3 Å². The Morgan fingerprint density at radius 1 is 1.38 bits per heavy atom. The second-order valence-electron chi connectivity index (χ2n) is 4.42. The number of rotatable bonds is 1. The molecule has 2 aliphatic carbocycles. The lowest BCUT2D eigenvalue weighted by atomic mass is 9.69. The van der Waals surface area contributed by atoms with Gasteiger partial charge in [0.1, 0.15) is 0 Å². The molecule has 0 N–H and O–H groups in total. The van der Waals surface area contributed by atoms with Crippen molar-refractivity contribution in [2.45, 2.75) is 32.1 Å². The van der Waals surface area contributed by atoms with Crippen LogP contribution in [0.15, 0.2) is 23.8 Å². The minimum atomic E-state index is -0.560. The van der Waals surface area contributed by atoms with E-state index in [4.69, 9.17) is 4.74 Å². The molecule has 0 aliphatic heterocycles. The molecule has 86 valence electrons. The monoisotopic (exact) mass is 220 g/mol. The fourth-order valence-corrected chi connectivity index (χ4v) is 2.60. The van der Waals surface area contributed by atoms with Gasteiger partial charge < -0.3 is 4.74 Å². The third-order valence-electron chi connectivity index (χ3n) is 3.54. The van der Waals surface area contributed by atoms with Crippen LogP contribution in [-0.4, -0.2) is 18.9 Å². The summed E-state index contributed by atoms with van der Waals surface area (Å²) in [7, 11) is 1.42. The lowest BCUT2D eigenvalue weighted by Gasteiger charge is -2.34. The van der Waals surface area contributed by atoms with Gasteiger partial charge in [-0.2, -0.15) is 0 Å². The average molecular weight is 220 g/mol. The van der Waals surface area contributed by atoms with Crippen molar-refractivity contribution in [2.75, 3.05) is 7.11 Å². The summed E-state index contributed by atoms with van der Waals surface area (Å²) in [5, 5.41) is 0. The van der Waals surface area contributed by atoms with E-state index in [1.165, 1.54) is 7.11 Å². The molecule has 0 saturated carbocycles. The van der Waals surface area contributed by atoms with E-state index in [9.17, 15) is 9.59 Å². The second-order valence-corrected chi connectivity index (χ2v) is 4.42. The highest BCUT2D eigenvalue weighted by Gasteiger charge is 2.44. The number of methoxy groups -OCH3 is 1. The maximum atomic E-state index is 12.0. The van der Waals surface area contributed by atoms with Crippen LogP contribution >= 0.6 is 0 Å². The smallest absolute Gasteiger partial charge is 0.316 e. The van der Waals surface area contributed by atoms with Gasteiger partial charge in [-0.15, -0.1) is 0 Å². The van der Waals surface area contributed by atoms with E-state index < -0.39 is 5.41 Å². The number of hydrogen-bond acceptors (Lipinski definition) is 3. The lowest BCUT2D eigenvalue weighted by Crippen LogP contribution is -2.37. The summed E-state index contributed by atoms with van der Waals surface area (Å²) in [6.07, 6.45) is 9.17. The van der Waals surface area contributed by atoms with E-state index in [0.29, 0.717) is 19.3 Å². The van der Waals surface area contributed by atoms with Crippen molar-refractivity contribution >= 4 is 11.8 Å². The first-order valence-corrected chi connectivity index (χ1v) is 5.66. The molecule has 0 saturated heterocycles. The minimum Gasteiger partial charge on any atom is -0.468 e. The average Bonchev–Trinajstić information content (AvgIpc) is 2.50. The molecule has 0 heterocycles. The van der Waals surface area contributed by atoms with Crippen LogP contribution in [0.25, 0.3) is 0 Å².